The molecule has 1 fully saturated rings. The summed E-state index contributed by atoms with van der Waals surface area (Å²) in [5.41, 5.74) is 1.04. The smallest absolute Gasteiger partial charge is 0.133 e. The molecule has 2 heterocycles. The van der Waals surface area contributed by atoms with Crippen LogP contribution < -0.4 is 4.90 Å². The summed E-state index contributed by atoms with van der Waals surface area (Å²) in [4.78, 5) is 6.57. The maximum absolute atomic E-state index is 5.92. The summed E-state index contributed by atoms with van der Waals surface area (Å²) >= 11 is 5.92. The number of aromatic nitrogens is 1. The number of alkyl halides is 1. The van der Waals surface area contributed by atoms with Crippen LogP contribution in [0.4, 0.5) is 5.82 Å². The Morgan fingerprint density at radius 3 is 2.53 bits per heavy atom. The Hall–Kier alpha value is -0.840. The molecule has 2 unspecified atom stereocenters. The first kappa shape index (κ1) is 12.6. The van der Waals surface area contributed by atoms with Gasteiger partial charge < -0.3 is 14.4 Å². The molecule has 2 atom stereocenters. The minimum absolute atomic E-state index is 0.0881. The van der Waals surface area contributed by atoms with Crippen molar-refractivity contribution < 1.29 is 9.47 Å². The second kappa shape index (κ2) is 5.67. The molecule has 5 heteroatoms. The van der Waals surface area contributed by atoms with Crippen LogP contribution in [-0.4, -0.2) is 44.5 Å². The number of pyridine rings is 1. The van der Waals surface area contributed by atoms with E-state index in [4.69, 9.17) is 21.1 Å². The number of hydrogen-bond donors (Lipinski definition) is 0. The highest BCUT2D eigenvalue weighted by atomic mass is 35.5. The molecule has 17 heavy (non-hydrogen) atoms. The third kappa shape index (κ3) is 2.54. The Morgan fingerprint density at radius 1 is 1.35 bits per heavy atom. The highest BCUT2D eigenvalue weighted by Crippen LogP contribution is 2.25. The van der Waals surface area contributed by atoms with Gasteiger partial charge in [0.25, 0.3) is 0 Å². The molecule has 0 aromatic carbocycles. The van der Waals surface area contributed by atoms with Crippen LogP contribution in [0.2, 0.25) is 0 Å². The van der Waals surface area contributed by atoms with E-state index in [1.807, 2.05) is 12.1 Å². The van der Waals surface area contributed by atoms with Crippen LogP contribution in [-0.2, 0) is 15.4 Å². The molecule has 94 valence electrons. The fourth-order valence-corrected chi connectivity index (χ4v) is 2.40. The summed E-state index contributed by atoms with van der Waals surface area (Å²) < 4.78 is 10.8. The molecule has 1 aromatic rings. The Balaban J connectivity index is 2.18. The van der Waals surface area contributed by atoms with E-state index in [-0.39, 0.29) is 12.2 Å². The van der Waals surface area contributed by atoms with Gasteiger partial charge in [0.15, 0.2) is 0 Å². The van der Waals surface area contributed by atoms with Crippen molar-refractivity contribution in [3.05, 3.63) is 23.9 Å². The molecule has 0 amide bonds. The van der Waals surface area contributed by atoms with Crippen molar-refractivity contribution in [2.75, 3.05) is 32.2 Å². The van der Waals surface area contributed by atoms with Crippen LogP contribution in [0, 0.1) is 0 Å². The number of anilines is 1. The first-order chi connectivity index (χ1) is 8.30. The molecule has 1 saturated heterocycles. The van der Waals surface area contributed by atoms with Crippen molar-refractivity contribution in [1.29, 1.82) is 0 Å². The van der Waals surface area contributed by atoms with E-state index in [2.05, 4.69) is 9.88 Å². The van der Waals surface area contributed by atoms with E-state index < -0.39 is 0 Å². The SMILES string of the molecule is COC1CN(c2ncccc2CCl)CC1OC. The minimum Gasteiger partial charge on any atom is -0.377 e. The molecule has 1 aromatic heterocycles. The van der Waals surface area contributed by atoms with Gasteiger partial charge in [-0.1, -0.05) is 6.07 Å². The molecule has 4 nitrogen and oxygen atoms in total. The quantitative estimate of drug-likeness (QED) is 0.768. The molecule has 0 bridgehead atoms. The number of halogens is 1. The van der Waals surface area contributed by atoms with Gasteiger partial charge in [-0.25, -0.2) is 4.98 Å². The highest BCUT2D eigenvalue weighted by Gasteiger charge is 2.34. The van der Waals surface area contributed by atoms with Gasteiger partial charge in [-0.05, 0) is 6.07 Å². The van der Waals surface area contributed by atoms with Crippen LogP contribution in [0.15, 0.2) is 18.3 Å². The average Bonchev–Trinajstić information content (AvgIpc) is 2.81. The van der Waals surface area contributed by atoms with E-state index >= 15 is 0 Å². The molecule has 0 spiro atoms. The van der Waals surface area contributed by atoms with Crippen LogP contribution in [0.1, 0.15) is 5.56 Å². The van der Waals surface area contributed by atoms with Gasteiger partial charge in [0.1, 0.15) is 18.0 Å². The zero-order valence-corrected chi connectivity index (χ0v) is 10.9. The summed E-state index contributed by atoms with van der Waals surface area (Å²) in [6.07, 6.45) is 1.96. The summed E-state index contributed by atoms with van der Waals surface area (Å²) in [5, 5.41) is 0. The number of rotatable bonds is 4. The van der Waals surface area contributed by atoms with Gasteiger partial charge in [0.05, 0.1) is 5.88 Å². The summed E-state index contributed by atoms with van der Waals surface area (Å²) in [6, 6.07) is 3.90. The Bertz CT molecular complexity index is 363. The Kier molecular flexibility index (Phi) is 4.20. The number of ether oxygens (including phenoxy) is 2. The molecule has 0 aliphatic carbocycles. The molecule has 2 rings (SSSR count). The fraction of sp³-hybridized carbons (Fsp3) is 0.583. The van der Waals surface area contributed by atoms with Crippen molar-refractivity contribution >= 4 is 17.4 Å². The summed E-state index contributed by atoms with van der Waals surface area (Å²) in [6.45, 7) is 1.58. The average molecular weight is 257 g/mol. The van der Waals surface area contributed by atoms with Gasteiger partial charge in [-0.15, -0.1) is 11.6 Å². The lowest BCUT2D eigenvalue weighted by atomic mass is 10.3. The summed E-state index contributed by atoms with van der Waals surface area (Å²) in [7, 11) is 3.42. The van der Waals surface area contributed by atoms with Crippen molar-refractivity contribution in [2.24, 2.45) is 0 Å². The van der Waals surface area contributed by atoms with Crippen LogP contribution >= 0.6 is 11.6 Å². The van der Waals surface area contributed by atoms with Crippen molar-refractivity contribution in [3.63, 3.8) is 0 Å². The molecule has 1 aliphatic rings. The van der Waals surface area contributed by atoms with Crippen molar-refractivity contribution in [2.45, 2.75) is 18.1 Å². The number of methoxy groups -OCH3 is 2. The van der Waals surface area contributed by atoms with Crippen molar-refractivity contribution in [1.82, 2.24) is 4.98 Å². The third-order valence-electron chi connectivity index (χ3n) is 3.13. The second-order valence-electron chi connectivity index (χ2n) is 4.07. The van der Waals surface area contributed by atoms with Crippen molar-refractivity contribution in [3.8, 4) is 0 Å². The summed E-state index contributed by atoms with van der Waals surface area (Å²) in [5.74, 6) is 1.40. The van der Waals surface area contributed by atoms with E-state index in [1.54, 1.807) is 20.4 Å². The largest absolute Gasteiger partial charge is 0.377 e. The molecule has 0 saturated carbocycles. The third-order valence-corrected chi connectivity index (χ3v) is 3.42. The first-order valence-electron chi connectivity index (χ1n) is 5.60. The van der Waals surface area contributed by atoms with Gasteiger partial charge in [-0.3, -0.25) is 0 Å². The van der Waals surface area contributed by atoms with Crippen LogP contribution in [0.5, 0.6) is 0 Å². The Morgan fingerprint density at radius 2 is 2.00 bits per heavy atom. The highest BCUT2D eigenvalue weighted by molar-refractivity contribution is 6.17. The van der Waals surface area contributed by atoms with Gasteiger partial charge in [0.2, 0.25) is 0 Å². The van der Waals surface area contributed by atoms with E-state index in [0.717, 1.165) is 24.5 Å². The lowest BCUT2D eigenvalue weighted by Gasteiger charge is -2.19. The maximum Gasteiger partial charge on any atom is 0.133 e. The van der Waals surface area contributed by atoms with Gasteiger partial charge >= 0.3 is 0 Å². The predicted molar refractivity (Wildman–Crippen MR) is 67.6 cm³/mol. The zero-order valence-electron chi connectivity index (χ0n) is 10.1. The second-order valence-corrected chi connectivity index (χ2v) is 4.34. The lowest BCUT2D eigenvalue weighted by Crippen LogP contribution is -2.27. The van der Waals surface area contributed by atoms with Crippen LogP contribution in [0.3, 0.4) is 0 Å². The monoisotopic (exact) mass is 256 g/mol. The van der Waals surface area contributed by atoms with E-state index in [1.165, 1.54) is 0 Å². The fourth-order valence-electron chi connectivity index (χ4n) is 2.19. The predicted octanol–water partition coefficient (Wildman–Crippen LogP) is 1.67. The lowest BCUT2D eigenvalue weighted by molar-refractivity contribution is -0.00461. The molecular formula is C12H17ClN2O2. The standard InChI is InChI=1S/C12H17ClN2O2/c1-16-10-7-15(8-11(10)17-2)12-9(6-13)4-3-5-14-12/h3-5,10-11H,6-8H2,1-2H3. The van der Waals surface area contributed by atoms with Gasteiger partial charge in [0, 0.05) is 39.1 Å². The number of hydrogen-bond acceptors (Lipinski definition) is 4. The zero-order chi connectivity index (χ0) is 12.3. The Labute approximate surface area is 106 Å². The molecule has 1 aliphatic heterocycles. The molecular weight excluding hydrogens is 240 g/mol. The topological polar surface area (TPSA) is 34.6 Å². The number of nitrogens with zero attached hydrogens (tertiary/aromatic N) is 2. The molecule has 0 N–H and O–H groups in total. The molecule has 0 radical (unpaired) electrons. The van der Waals surface area contributed by atoms with Crippen LogP contribution in [0.25, 0.3) is 0 Å². The minimum atomic E-state index is 0.0881. The van der Waals surface area contributed by atoms with E-state index in [9.17, 15) is 0 Å². The van der Waals surface area contributed by atoms with Gasteiger partial charge in [-0.2, -0.15) is 0 Å². The first-order valence-corrected chi connectivity index (χ1v) is 6.14. The van der Waals surface area contributed by atoms with E-state index in [0.29, 0.717) is 5.88 Å². The maximum atomic E-state index is 5.92. The normalized spacial score (nSPS) is 24.3.